The topological polar surface area (TPSA) is 78.2 Å². The molecule has 0 aliphatic carbocycles. The summed E-state index contributed by atoms with van der Waals surface area (Å²) in [6.45, 7) is 0. The van der Waals surface area contributed by atoms with E-state index in [9.17, 15) is 4.79 Å². The van der Waals surface area contributed by atoms with Crippen LogP contribution in [0.5, 0.6) is 5.75 Å². The number of amides is 1. The molecule has 0 spiro atoms. The van der Waals surface area contributed by atoms with Crippen molar-refractivity contribution in [3.63, 3.8) is 0 Å². The Balaban J connectivity index is 2.64. The minimum atomic E-state index is -0.816. The molecule has 0 aliphatic rings. The summed E-state index contributed by atoms with van der Waals surface area (Å²) in [6, 6.07) is 6.77. The van der Waals surface area contributed by atoms with Crippen LogP contribution < -0.4 is 16.0 Å². The van der Waals surface area contributed by atoms with Gasteiger partial charge in [0, 0.05) is 12.1 Å². The number of ether oxygens (including phenoxy) is 1. The number of rotatable bonds is 3. The number of nitrogens with two attached hydrogens (primary N) is 2. The number of carbonyl (C=O) groups excluding carboxylic acids is 1. The monoisotopic (exact) mass is 183 g/mol. The van der Waals surface area contributed by atoms with E-state index in [1.807, 2.05) is 0 Å². The van der Waals surface area contributed by atoms with Crippen LogP contribution in [0.25, 0.3) is 0 Å². The van der Waals surface area contributed by atoms with Crippen molar-refractivity contribution in [3.05, 3.63) is 24.3 Å². The summed E-state index contributed by atoms with van der Waals surface area (Å²) in [6.07, 6.45) is -0.816. The van der Waals surface area contributed by atoms with Crippen LogP contribution in [-0.4, -0.2) is 13.2 Å². The van der Waals surface area contributed by atoms with Gasteiger partial charge in [0.25, 0.3) is 0 Å². The van der Waals surface area contributed by atoms with Gasteiger partial charge in [0.15, 0.2) is 5.69 Å². The molecule has 0 aromatic heterocycles. The quantitative estimate of drug-likeness (QED) is 0.507. The van der Waals surface area contributed by atoms with Gasteiger partial charge in [-0.1, -0.05) is 0 Å². The SMILES string of the molecule is CO[NH2+]c1ccc(OC(N)=O)cc1. The van der Waals surface area contributed by atoms with Crippen molar-refractivity contribution >= 4 is 11.8 Å². The van der Waals surface area contributed by atoms with Gasteiger partial charge in [-0.3, -0.25) is 0 Å². The first-order valence-corrected chi connectivity index (χ1v) is 3.66. The third-order valence-electron chi connectivity index (χ3n) is 1.35. The Hall–Kier alpha value is -1.59. The molecular formula is C8H11N2O3+. The van der Waals surface area contributed by atoms with E-state index in [0.29, 0.717) is 5.75 Å². The predicted octanol–water partition coefficient (Wildman–Crippen LogP) is -0.0996. The van der Waals surface area contributed by atoms with E-state index in [4.69, 9.17) is 10.6 Å². The molecule has 0 aliphatic heterocycles. The van der Waals surface area contributed by atoms with E-state index in [1.165, 1.54) is 0 Å². The van der Waals surface area contributed by atoms with Crippen LogP contribution in [0, 0.1) is 0 Å². The maximum absolute atomic E-state index is 10.3. The summed E-state index contributed by atoms with van der Waals surface area (Å²) in [5.41, 5.74) is 7.29. The Morgan fingerprint density at radius 2 is 2.00 bits per heavy atom. The second kappa shape index (κ2) is 4.44. The number of hydrogen-bond acceptors (Lipinski definition) is 3. The zero-order chi connectivity index (χ0) is 9.68. The van der Waals surface area contributed by atoms with E-state index in [0.717, 1.165) is 5.69 Å². The Labute approximate surface area is 75.4 Å². The first kappa shape index (κ1) is 9.50. The van der Waals surface area contributed by atoms with Gasteiger partial charge in [-0.2, -0.15) is 5.48 Å². The molecule has 0 unspecified atom stereocenters. The summed E-state index contributed by atoms with van der Waals surface area (Å²) < 4.78 is 4.63. The average Bonchev–Trinajstić information content (AvgIpc) is 2.08. The van der Waals surface area contributed by atoms with Crippen LogP contribution in [0.15, 0.2) is 24.3 Å². The standard InChI is InChI=1S/C8H10N2O3/c1-12-10-6-2-4-7(5-3-6)13-8(9)11/h2-5,10H,1H3,(H2,9,11)/p+1. The molecule has 0 fully saturated rings. The number of primary amides is 1. The Morgan fingerprint density at radius 3 is 2.46 bits per heavy atom. The van der Waals surface area contributed by atoms with E-state index in [1.54, 1.807) is 36.9 Å². The molecule has 1 aromatic rings. The van der Waals surface area contributed by atoms with Crippen molar-refractivity contribution in [2.75, 3.05) is 7.11 Å². The highest BCUT2D eigenvalue weighted by atomic mass is 16.6. The van der Waals surface area contributed by atoms with Crippen molar-refractivity contribution in [1.82, 2.24) is 0 Å². The molecule has 5 nitrogen and oxygen atoms in total. The summed E-state index contributed by atoms with van der Waals surface area (Å²) in [5.74, 6) is 0.417. The van der Waals surface area contributed by atoms with E-state index in [-0.39, 0.29) is 0 Å². The highest BCUT2D eigenvalue weighted by Gasteiger charge is 2.00. The van der Waals surface area contributed by atoms with E-state index >= 15 is 0 Å². The molecular weight excluding hydrogens is 172 g/mol. The van der Waals surface area contributed by atoms with Gasteiger partial charge in [0.05, 0.1) is 7.11 Å². The lowest BCUT2D eigenvalue weighted by Crippen LogP contribution is -2.75. The van der Waals surface area contributed by atoms with Crippen molar-refractivity contribution in [1.29, 1.82) is 0 Å². The minimum Gasteiger partial charge on any atom is -0.411 e. The van der Waals surface area contributed by atoms with Crippen molar-refractivity contribution in [3.8, 4) is 5.75 Å². The fraction of sp³-hybridized carbons (Fsp3) is 0.125. The molecule has 4 N–H and O–H groups in total. The molecule has 5 heteroatoms. The van der Waals surface area contributed by atoms with Crippen molar-refractivity contribution in [2.24, 2.45) is 5.73 Å². The largest absolute Gasteiger partial charge is 0.411 e. The molecule has 0 radical (unpaired) electrons. The molecule has 70 valence electrons. The van der Waals surface area contributed by atoms with E-state index in [2.05, 4.69) is 4.74 Å². The Bertz CT molecular complexity index is 284. The molecule has 1 aromatic carbocycles. The number of quaternary nitrogens is 1. The van der Waals surface area contributed by atoms with E-state index < -0.39 is 6.09 Å². The van der Waals surface area contributed by atoms with Gasteiger partial charge in [-0.05, 0) is 12.1 Å². The zero-order valence-electron chi connectivity index (χ0n) is 7.19. The molecule has 13 heavy (non-hydrogen) atoms. The van der Waals surface area contributed by atoms with Crippen LogP contribution in [0.1, 0.15) is 0 Å². The molecule has 0 bridgehead atoms. The molecule has 0 saturated heterocycles. The number of benzene rings is 1. The maximum Gasteiger partial charge on any atom is 0.409 e. The summed E-state index contributed by atoms with van der Waals surface area (Å²) in [5, 5.41) is 0. The highest BCUT2D eigenvalue weighted by Crippen LogP contribution is 2.11. The maximum atomic E-state index is 10.3. The molecule has 1 rings (SSSR count). The molecule has 0 saturated carbocycles. The predicted molar refractivity (Wildman–Crippen MR) is 45.2 cm³/mol. The van der Waals surface area contributed by atoms with Crippen molar-refractivity contribution in [2.45, 2.75) is 0 Å². The summed E-state index contributed by atoms with van der Waals surface area (Å²) in [4.78, 5) is 15.1. The van der Waals surface area contributed by atoms with Crippen molar-refractivity contribution < 1.29 is 19.8 Å². The van der Waals surface area contributed by atoms with Crippen LogP contribution in [0.4, 0.5) is 10.5 Å². The van der Waals surface area contributed by atoms with Gasteiger partial charge in [-0.25, -0.2) is 9.63 Å². The first-order chi connectivity index (χ1) is 6.22. The van der Waals surface area contributed by atoms with Gasteiger partial charge < -0.3 is 10.5 Å². The normalized spacial score (nSPS) is 9.62. The Morgan fingerprint density at radius 1 is 1.38 bits per heavy atom. The number of hydrogen-bond donors (Lipinski definition) is 2. The third kappa shape index (κ3) is 3.10. The Kier molecular flexibility index (Phi) is 3.24. The fourth-order valence-electron chi connectivity index (χ4n) is 0.867. The number of carbonyl (C=O) groups is 1. The highest BCUT2D eigenvalue weighted by molar-refractivity contribution is 5.68. The smallest absolute Gasteiger partial charge is 0.409 e. The van der Waals surface area contributed by atoms with Gasteiger partial charge in [0.2, 0.25) is 0 Å². The summed E-state index contributed by atoms with van der Waals surface area (Å²) >= 11 is 0. The summed E-state index contributed by atoms with van der Waals surface area (Å²) in [7, 11) is 1.56. The second-order valence-corrected chi connectivity index (χ2v) is 2.34. The lowest BCUT2D eigenvalue weighted by Gasteiger charge is -2.00. The second-order valence-electron chi connectivity index (χ2n) is 2.34. The van der Waals surface area contributed by atoms with Crippen LogP contribution in [-0.2, 0) is 4.84 Å². The van der Waals surface area contributed by atoms with Crippen LogP contribution in [0.3, 0.4) is 0 Å². The lowest BCUT2D eigenvalue weighted by molar-refractivity contribution is -0.830. The minimum absolute atomic E-state index is 0.417. The fourth-order valence-corrected chi connectivity index (χ4v) is 0.867. The van der Waals surface area contributed by atoms with Gasteiger partial charge in [-0.15, -0.1) is 0 Å². The molecule has 0 atom stereocenters. The zero-order valence-corrected chi connectivity index (χ0v) is 7.19. The van der Waals surface area contributed by atoms with Gasteiger partial charge in [0.1, 0.15) is 5.75 Å². The van der Waals surface area contributed by atoms with Crippen LogP contribution in [0.2, 0.25) is 0 Å². The van der Waals surface area contributed by atoms with Gasteiger partial charge >= 0.3 is 6.09 Å². The third-order valence-corrected chi connectivity index (χ3v) is 1.35. The van der Waals surface area contributed by atoms with Crippen LogP contribution >= 0.6 is 0 Å². The molecule has 0 heterocycles. The lowest BCUT2D eigenvalue weighted by atomic mass is 10.3. The molecule has 1 amide bonds. The average molecular weight is 183 g/mol. The first-order valence-electron chi connectivity index (χ1n) is 3.66.